The Balaban J connectivity index is -0.0000000655. The summed E-state index contributed by atoms with van der Waals surface area (Å²) in [6.45, 7) is 6.32. The van der Waals surface area contributed by atoms with Crippen LogP contribution in [0.1, 0.15) is 59.3 Å². The Morgan fingerprint density at radius 3 is 0.750 bits per heavy atom. The second kappa shape index (κ2) is 36.1. The summed E-state index contributed by atoms with van der Waals surface area (Å²) in [5, 5.41) is 28.6. The molecule has 0 bridgehead atoms. The van der Waals surface area contributed by atoms with Gasteiger partial charge in [-0.25, -0.2) is 0 Å². The maximum atomic E-state index is 9.53. The molecule has 0 saturated carbocycles. The predicted octanol–water partition coefficient (Wildman–Crippen LogP) is 0.438. The number of unbranched alkanes of at least 4 members (excludes halogenated alkanes) is 3. The van der Waals surface area contributed by atoms with Crippen LogP contribution in [0.25, 0.3) is 0 Å². The molecule has 0 aliphatic heterocycles. The minimum Gasteiger partial charge on any atom is -0.854 e. The second-order valence-corrected chi connectivity index (χ2v) is 3.17. The van der Waals surface area contributed by atoms with Gasteiger partial charge in [0.2, 0.25) is 0 Å². The van der Waals surface area contributed by atoms with Crippen molar-refractivity contribution in [1.82, 2.24) is 0 Å². The summed E-state index contributed by atoms with van der Waals surface area (Å²) >= 11 is 0. The van der Waals surface area contributed by atoms with Crippen molar-refractivity contribution >= 4 is 0 Å². The van der Waals surface area contributed by atoms with Crippen molar-refractivity contribution in [2.75, 3.05) is 19.8 Å². The molecule has 0 rings (SSSR count). The molecule has 0 heterocycles. The molecule has 0 amide bonds. The molecule has 0 aromatic carbocycles. The van der Waals surface area contributed by atoms with Crippen molar-refractivity contribution in [2.45, 2.75) is 59.3 Å². The zero-order valence-corrected chi connectivity index (χ0v) is 12.0. The molecular weight excluding hydrogens is 251 g/mol. The van der Waals surface area contributed by atoms with E-state index in [1.54, 1.807) is 0 Å². The standard InChI is InChI=1S/3C4H9O.Co/c3*1-2-3-4-5;/h3*2-4H2,1H3;/q3*-1;+3. The van der Waals surface area contributed by atoms with Crippen molar-refractivity contribution in [2.24, 2.45) is 0 Å². The van der Waals surface area contributed by atoms with Crippen LogP contribution < -0.4 is 15.3 Å². The van der Waals surface area contributed by atoms with E-state index in [4.69, 9.17) is 0 Å². The van der Waals surface area contributed by atoms with Crippen LogP contribution in [-0.2, 0) is 16.8 Å². The Morgan fingerprint density at radius 1 is 0.562 bits per heavy atom. The minimum absolute atomic E-state index is 0. The van der Waals surface area contributed by atoms with Gasteiger partial charge < -0.3 is 15.3 Å². The third kappa shape index (κ3) is 63.2. The Morgan fingerprint density at radius 2 is 0.750 bits per heavy atom. The maximum Gasteiger partial charge on any atom is 3.00 e. The van der Waals surface area contributed by atoms with Gasteiger partial charge in [0.05, 0.1) is 0 Å². The monoisotopic (exact) mass is 278 g/mol. The average molecular weight is 278 g/mol. The number of hydrogen-bond donors (Lipinski definition) is 0. The van der Waals surface area contributed by atoms with Gasteiger partial charge in [0.1, 0.15) is 0 Å². The molecule has 0 aromatic rings. The zero-order valence-electron chi connectivity index (χ0n) is 10.9. The second-order valence-electron chi connectivity index (χ2n) is 3.17. The molecule has 0 saturated heterocycles. The first-order valence-electron chi connectivity index (χ1n) is 5.99. The Bertz CT molecular complexity index is 53.0. The molecule has 0 aromatic heterocycles. The van der Waals surface area contributed by atoms with Gasteiger partial charge in [0, 0.05) is 0 Å². The Kier molecular flexibility index (Phi) is 57.1. The summed E-state index contributed by atoms with van der Waals surface area (Å²) in [4.78, 5) is 0. The van der Waals surface area contributed by atoms with Gasteiger partial charge in [-0.1, -0.05) is 59.3 Å². The molecule has 4 heteroatoms. The van der Waals surface area contributed by atoms with Crippen LogP contribution in [0.15, 0.2) is 0 Å². The molecule has 16 heavy (non-hydrogen) atoms. The summed E-state index contributed by atoms with van der Waals surface area (Å²) in [7, 11) is 0. The summed E-state index contributed by atoms with van der Waals surface area (Å²) in [6, 6.07) is 0. The van der Waals surface area contributed by atoms with Crippen LogP contribution in [0.2, 0.25) is 0 Å². The maximum absolute atomic E-state index is 9.53. The minimum atomic E-state index is 0. The average Bonchev–Trinajstić information content (AvgIpc) is 2.23. The first-order chi connectivity index (χ1) is 7.24. The van der Waals surface area contributed by atoms with Crippen LogP contribution >= 0.6 is 0 Å². The van der Waals surface area contributed by atoms with Crippen molar-refractivity contribution in [3.63, 3.8) is 0 Å². The van der Waals surface area contributed by atoms with E-state index in [1.165, 1.54) is 0 Å². The van der Waals surface area contributed by atoms with E-state index in [9.17, 15) is 15.3 Å². The Hall–Kier alpha value is 0.386. The number of rotatable bonds is 6. The van der Waals surface area contributed by atoms with Crippen LogP contribution in [0.4, 0.5) is 0 Å². The van der Waals surface area contributed by atoms with Crippen LogP contribution in [-0.4, -0.2) is 19.8 Å². The SMILES string of the molecule is CCCC[O-].CCCC[O-].CCCC[O-].[Co+3]. The molecule has 0 aliphatic carbocycles. The molecular formula is C12H27CoO3. The fourth-order valence-corrected chi connectivity index (χ4v) is 0.433. The van der Waals surface area contributed by atoms with Gasteiger partial charge >= 0.3 is 16.8 Å². The molecule has 0 spiro atoms. The smallest absolute Gasteiger partial charge is 0.854 e. The number of hydrogen-bond acceptors (Lipinski definition) is 3. The first kappa shape index (κ1) is 25.3. The normalized spacial score (nSPS) is 7.88. The van der Waals surface area contributed by atoms with Gasteiger partial charge in [-0.15, -0.1) is 19.8 Å². The van der Waals surface area contributed by atoms with Crippen molar-refractivity contribution in [3.8, 4) is 0 Å². The molecule has 0 radical (unpaired) electrons. The van der Waals surface area contributed by atoms with Crippen LogP contribution in [0, 0.1) is 0 Å². The third-order valence-electron chi connectivity index (χ3n) is 1.49. The topological polar surface area (TPSA) is 69.2 Å². The molecule has 102 valence electrons. The van der Waals surface area contributed by atoms with Gasteiger partial charge in [0.15, 0.2) is 0 Å². The fourth-order valence-electron chi connectivity index (χ4n) is 0.433. The van der Waals surface area contributed by atoms with E-state index < -0.39 is 0 Å². The molecule has 0 aliphatic rings. The van der Waals surface area contributed by atoms with E-state index in [1.807, 2.05) is 20.8 Å². The largest absolute Gasteiger partial charge is 3.00 e. The summed E-state index contributed by atoms with van der Waals surface area (Å²) < 4.78 is 0. The van der Waals surface area contributed by atoms with Crippen LogP contribution in [0.3, 0.4) is 0 Å². The van der Waals surface area contributed by atoms with E-state index in [-0.39, 0.29) is 36.6 Å². The van der Waals surface area contributed by atoms with Crippen molar-refractivity contribution in [1.29, 1.82) is 0 Å². The summed E-state index contributed by atoms with van der Waals surface area (Å²) in [6.07, 6.45) is 5.59. The molecule has 0 atom stereocenters. The van der Waals surface area contributed by atoms with Crippen LogP contribution in [0.5, 0.6) is 0 Å². The molecule has 3 nitrogen and oxygen atoms in total. The van der Waals surface area contributed by atoms with Gasteiger partial charge in [-0.05, 0) is 0 Å². The van der Waals surface area contributed by atoms with E-state index >= 15 is 0 Å². The zero-order chi connectivity index (χ0) is 12.4. The quantitative estimate of drug-likeness (QED) is 0.708. The first-order valence-corrected chi connectivity index (χ1v) is 5.99. The van der Waals surface area contributed by atoms with E-state index in [2.05, 4.69) is 0 Å². The van der Waals surface area contributed by atoms with Gasteiger partial charge in [0.25, 0.3) is 0 Å². The van der Waals surface area contributed by atoms with E-state index in [0.717, 1.165) is 38.5 Å². The molecule has 0 unspecified atom stereocenters. The van der Waals surface area contributed by atoms with Gasteiger partial charge in [-0.3, -0.25) is 0 Å². The van der Waals surface area contributed by atoms with Crippen molar-refractivity contribution < 1.29 is 32.1 Å². The predicted molar refractivity (Wildman–Crippen MR) is 59.3 cm³/mol. The van der Waals surface area contributed by atoms with Crippen molar-refractivity contribution in [3.05, 3.63) is 0 Å². The molecule has 0 N–H and O–H groups in total. The fraction of sp³-hybridized carbons (Fsp3) is 1.00. The molecule has 0 fully saturated rings. The summed E-state index contributed by atoms with van der Waals surface area (Å²) in [5.41, 5.74) is 0. The van der Waals surface area contributed by atoms with Gasteiger partial charge in [-0.2, -0.15) is 0 Å². The third-order valence-corrected chi connectivity index (χ3v) is 1.49. The van der Waals surface area contributed by atoms with E-state index in [0.29, 0.717) is 0 Å². The Labute approximate surface area is 111 Å². The summed E-state index contributed by atoms with van der Waals surface area (Å²) in [5.74, 6) is 0.